The summed E-state index contributed by atoms with van der Waals surface area (Å²) < 4.78 is 25.1. The summed E-state index contributed by atoms with van der Waals surface area (Å²) in [5, 5.41) is 17.4. The Morgan fingerprint density at radius 2 is 1.91 bits per heavy atom. The Bertz CT molecular complexity index is 1130. The Kier molecular flexibility index (Phi) is 5.68. The van der Waals surface area contributed by atoms with Gasteiger partial charge < -0.3 is 10.2 Å². The molecule has 2 fully saturated rings. The Morgan fingerprint density at radius 3 is 2.59 bits per heavy atom. The molecule has 2 N–H and O–H groups in total. The van der Waals surface area contributed by atoms with E-state index < -0.39 is 6.43 Å². The van der Waals surface area contributed by atoms with Gasteiger partial charge in [-0.15, -0.1) is 10.2 Å². The average Bonchev–Trinajstić information content (AvgIpc) is 3.32. The molecule has 5 rings (SSSR count). The summed E-state index contributed by atoms with van der Waals surface area (Å²) in [5.74, 6) is 0.463. The van der Waals surface area contributed by atoms with Crippen LogP contribution in [0.3, 0.4) is 0 Å². The lowest BCUT2D eigenvalue weighted by atomic mass is 9.97. The van der Waals surface area contributed by atoms with Crippen molar-refractivity contribution >= 4 is 34.0 Å². The van der Waals surface area contributed by atoms with Crippen molar-refractivity contribution in [1.29, 1.82) is 0 Å². The molecule has 3 aromatic rings. The van der Waals surface area contributed by atoms with Crippen LogP contribution in [0.2, 0.25) is 0 Å². The van der Waals surface area contributed by atoms with Crippen LogP contribution in [0.1, 0.15) is 30.7 Å². The largest absolute Gasteiger partial charge is 0.323 e. The minimum Gasteiger partial charge on any atom is -0.318 e. The molecule has 3 atom stereocenters. The van der Waals surface area contributed by atoms with Crippen molar-refractivity contribution in [3.8, 4) is 10.7 Å². The lowest BCUT2D eigenvalue weighted by molar-refractivity contribution is 0.115. The molecule has 168 valence electrons. The quantitative estimate of drug-likeness (QED) is 0.602. The number of carbonyl (C=O) groups excluding carboxylic acids is 1. The van der Waals surface area contributed by atoms with Gasteiger partial charge >= 0.3 is 6.03 Å². The highest BCUT2D eigenvalue weighted by Gasteiger charge is 2.43. The second kappa shape index (κ2) is 8.62. The first-order valence-electron chi connectivity index (χ1n) is 10.6. The number of rotatable bonds is 5. The Hall–Kier alpha value is -2.79. The summed E-state index contributed by atoms with van der Waals surface area (Å²) >= 11 is 1.47. The second-order valence-electron chi connectivity index (χ2n) is 8.30. The molecule has 5 heterocycles. The number of nitrogens with zero attached hydrogens (tertiary/aromatic N) is 5. The highest BCUT2D eigenvalue weighted by atomic mass is 32.1. The van der Waals surface area contributed by atoms with Crippen LogP contribution in [0.25, 0.3) is 21.5 Å². The van der Waals surface area contributed by atoms with Gasteiger partial charge in [0, 0.05) is 35.9 Å². The van der Waals surface area contributed by atoms with E-state index in [4.69, 9.17) is 0 Å². The SMILES string of the molecule is Cc1nnc(-c2cc3cc(NC(=O)N4[C@@H]5CC[C@H]4CC(NCC(F)F)C5)ncc3cn2)s1. The number of piperidine rings is 1. The minimum atomic E-state index is -2.36. The summed E-state index contributed by atoms with van der Waals surface area (Å²) in [5.41, 5.74) is 0.725. The van der Waals surface area contributed by atoms with Gasteiger partial charge in [0.1, 0.15) is 16.5 Å². The molecule has 0 saturated carbocycles. The fraction of sp³-hybridized carbons (Fsp3) is 0.476. The number of halogens is 2. The summed E-state index contributed by atoms with van der Waals surface area (Å²) in [4.78, 5) is 23.7. The number of pyridine rings is 2. The van der Waals surface area contributed by atoms with Gasteiger partial charge in [-0.3, -0.25) is 10.3 Å². The molecule has 2 amide bonds. The number of aryl methyl sites for hydroxylation is 1. The van der Waals surface area contributed by atoms with E-state index in [0.717, 1.165) is 39.3 Å². The van der Waals surface area contributed by atoms with Crippen LogP contribution in [-0.2, 0) is 0 Å². The van der Waals surface area contributed by atoms with Crippen LogP contribution < -0.4 is 10.6 Å². The summed E-state index contributed by atoms with van der Waals surface area (Å²) in [6, 6.07) is 3.69. The summed E-state index contributed by atoms with van der Waals surface area (Å²) in [7, 11) is 0. The Balaban J connectivity index is 1.29. The van der Waals surface area contributed by atoms with Crippen LogP contribution in [0.5, 0.6) is 0 Å². The highest BCUT2D eigenvalue weighted by molar-refractivity contribution is 7.14. The maximum absolute atomic E-state index is 13.0. The van der Waals surface area contributed by atoms with Crippen LogP contribution in [0, 0.1) is 6.92 Å². The molecule has 2 aliphatic rings. The normalized spacial score (nSPS) is 22.6. The number of amides is 2. The van der Waals surface area contributed by atoms with Crippen molar-refractivity contribution in [3.05, 3.63) is 29.5 Å². The minimum absolute atomic E-state index is 0.0271. The van der Waals surface area contributed by atoms with Gasteiger partial charge in [0.25, 0.3) is 6.43 Å². The van der Waals surface area contributed by atoms with E-state index in [0.29, 0.717) is 18.7 Å². The second-order valence-corrected chi connectivity index (χ2v) is 9.48. The lowest BCUT2D eigenvalue weighted by Crippen LogP contribution is -2.53. The average molecular weight is 460 g/mol. The number of anilines is 1. The lowest BCUT2D eigenvalue weighted by Gasteiger charge is -2.39. The van der Waals surface area contributed by atoms with Gasteiger partial charge in [0.15, 0.2) is 5.01 Å². The van der Waals surface area contributed by atoms with E-state index in [-0.39, 0.29) is 30.7 Å². The fourth-order valence-electron chi connectivity index (χ4n) is 4.73. The van der Waals surface area contributed by atoms with E-state index in [2.05, 4.69) is 30.8 Å². The molecule has 2 bridgehead atoms. The molecule has 0 radical (unpaired) electrons. The molecular weight excluding hydrogens is 436 g/mol. The van der Waals surface area contributed by atoms with E-state index in [9.17, 15) is 13.6 Å². The van der Waals surface area contributed by atoms with E-state index in [1.54, 1.807) is 12.4 Å². The van der Waals surface area contributed by atoms with Crippen LogP contribution >= 0.6 is 11.3 Å². The van der Waals surface area contributed by atoms with Gasteiger partial charge in [-0.05, 0) is 50.1 Å². The molecule has 2 saturated heterocycles. The van der Waals surface area contributed by atoms with Crippen molar-refractivity contribution < 1.29 is 13.6 Å². The van der Waals surface area contributed by atoms with E-state index in [1.165, 1.54) is 11.3 Å². The first-order chi connectivity index (χ1) is 15.5. The van der Waals surface area contributed by atoms with Crippen molar-refractivity contribution in [2.24, 2.45) is 0 Å². The maximum atomic E-state index is 13.0. The van der Waals surface area contributed by atoms with Gasteiger partial charge in [-0.2, -0.15) is 0 Å². The molecule has 0 aliphatic carbocycles. The van der Waals surface area contributed by atoms with Gasteiger partial charge in [0.05, 0.1) is 6.54 Å². The van der Waals surface area contributed by atoms with Crippen molar-refractivity contribution in [2.75, 3.05) is 11.9 Å². The molecule has 32 heavy (non-hydrogen) atoms. The van der Waals surface area contributed by atoms with Crippen LogP contribution in [-0.4, -0.2) is 62.2 Å². The fourth-order valence-corrected chi connectivity index (χ4v) is 5.39. The van der Waals surface area contributed by atoms with Crippen molar-refractivity contribution in [3.63, 3.8) is 0 Å². The smallest absolute Gasteiger partial charge is 0.318 e. The molecule has 3 aromatic heterocycles. The molecule has 8 nitrogen and oxygen atoms in total. The molecule has 0 aromatic carbocycles. The number of aromatic nitrogens is 4. The van der Waals surface area contributed by atoms with Gasteiger partial charge in [-0.25, -0.2) is 18.6 Å². The standard InChI is InChI=1S/C21H23F2N7OS/c1-11-28-29-20(32-11)17-4-12-5-19(26-9-13(12)8-25-17)27-21(31)30-15-2-3-16(30)7-14(6-15)24-10-18(22)23/h4-5,8-9,14-16,18,24H,2-3,6-7,10H2,1H3,(H,26,27,31)/t14?,15-,16+. The third kappa shape index (κ3) is 4.26. The zero-order valence-corrected chi connectivity index (χ0v) is 18.3. The number of nitrogens with one attached hydrogen (secondary N) is 2. The van der Waals surface area contributed by atoms with Crippen molar-refractivity contribution in [1.82, 2.24) is 30.4 Å². The number of hydrogen-bond donors (Lipinski definition) is 2. The molecule has 11 heteroatoms. The monoisotopic (exact) mass is 459 g/mol. The third-order valence-corrected chi connectivity index (χ3v) is 6.97. The number of fused-ring (bicyclic) bond motifs is 3. The summed E-state index contributed by atoms with van der Waals surface area (Å²) in [6.45, 7) is 1.59. The number of alkyl halides is 2. The Labute approximate surface area is 187 Å². The predicted molar refractivity (Wildman–Crippen MR) is 118 cm³/mol. The number of hydrogen-bond acceptors (Lipinski definition) is 7. The first kappa shape index (κ1) is 21.1. The summed E-state index contributed by atoms with van der Waals surface area (Å²) in [6.07, 6.45) is 4.23. The van der Waals surface area contributed by atoms with E-state index in [1.807, 2.05) is 24.0 Å². The molecule has 2 aliphatic heterocycles. The third-order valence-electron chi connectivity index (χ3n) is 6.11. The topological polar surface area (TPSA) is 95.9 Å². The zero-order valence-electron chi connectivity index (χ0n) is 17.5. The zero-order chi connectivity index (χ0) is 22.2. The highest BCUT2D eigenvalue weighted by Crippen LogP contribution is 2.36. The van der Waals surface area contributed by atoms with Gasteiger partial charge in [0.2, 0.25) is 0 Å². The van der Waals surface area contributed by atoms with Gasteiger partial charge in [-0.1, -0.05) is 11.3 Å². The maximum Gasteiger partial charge on any atom is 0.323 e. The molecule has 1 unspecified atom stereocenters. The number of carbonyl (C=O) groups is 1. The van der Waals surface area contributed by atoms with Crippen LogP contribution in [0.4, 0.5) is 19.4 Å². The van der Waals surface area contributed by atoms with Crippen LogP contribution in [0.15, 0.2) is 24.5 Å². The molecule has 0 spiro atoms. The predicted octanol–water partition coefficient (Wildman–Crippen LogP) is 3.84. The van der Waals surface area contributed by atoms with E-state index >= 15 is 0 Å². The van der Waals surface area contributed by atoms with Crippen molar-refractivity contribution in [2.45, 2.75) is 57.2 Å². The Morgan fingerprint density at radius 1 is 1.16 bits per heavy atom. The number of urea groups is 1. The first-order valence-corrected chi connectivity index (χ1v) is 11.4. The molecular formula is C21H23F2N7OS.